The minimum atomic E-state index is -0.307. The Hall–Kier alpha value is -3.41. The molecule has 2 aliphatic rings. The van der Waals surface area contributed by atoms with E-state index in [1.807, 2.05) is 36.4 Å². The van der Waals surface area contributed by atoms with Gasteiger partial charge in [0.25, 0.3) is 0 Å². The molecule has 3 heterocycles. The molecular weight excluding hydrogens is 480 g/mol. The van der Waals surface area contributed by atoms with Crippen molar-refractivity contribution in [3.8, 4) is 6.07 Å². The molecule has 2 aromatic carbocycles. The number of hydrogen-bond acceptors (Lipinski definition) is 7. The van der Waals surface area contributed by atoms with Crippen LogP contribution in [-0.4, -0.2) is 53.0 Å². The van der Waals surface area contributed by atoms with Gasteiger partial charge in [0.05, 0.1) is 6.07 Å². The predicted molar refractivity (Wildman–Crippen MR) is 147 cm³/mol. The maximum absolute atomic E-state index is 11.6. The van der Waals surface area contributed by atoms with Crippen molar-refractivity contribution in [2.75, 3.05) is 36.4 Å². The molecule has 8 heteroatoms. The summed E-state index contributed by atoms with van der Waals surface area (Å²) < 4.78 is 0. The molecule has 0 aliphatic carbocycles. The summed E-state index contributed by atoms with van der Waals surface area (Å²) in [6.07, 6.45) is 7.60. The van der Waals surface area contributed by atoms with E-state index in [1.54, 1.807) is 18.0 Å². The van der Waals surface area contributed by atoms with Gasteiger partial charge in [-0.25, -0.2) is 9.97 Å². The lowest BCUT2D eigenvalue weighted by atomic mass is 10.0. The van der Waals surface area contributed by atoms with E-state index in [4.69, 9.17) is 10.2 Å². The number of piperidine rings is 1. The Morgan fingerprint density at radius 1 is 1.00 bits per heavy atom. The highest BCUT2D eigenvalue weighted by molar-refractivity contribution is 7.99. The SMILES string of the molecule is N#CCC(=O)Nc1ccc(Sc2ccnc(Cc3ccc(N4CCC(N5CCCC5)CC4)cc3)n2)cc1. The number of aromatic nitrogens is 2. The van der Waals surface area contributed by atoms with Gasteiger partial charge >= 0.3 is 0 Å². The highest BCUT2D eigenvalue weighted by Crippen LogP contribution is 2.28. The second-order valence-electron chi connectivity index (χ2n) is 9.63. The Bertz CT molecular complexity index is 1230. The summed E-state index contributed by atoms with van der Waals surface area (Å²) >= 11 is 1.55. The normalized spacial score (nSPS) is 16.5. The van der Waals surface area contributed by atoms with Crippen molar-refractivity contribution in [3.05, 3.63) is 72.2 Å². The highest BCUT2D eigenvalue weighted by Gasteiger charge is 2.26. The van der Waals surface area contributed by atoms with E-state index < -0.39 is 0 Å². The number of likely N-dealkylation sites (tertiary alicyclic amines) is 1. The molecule has 0 bridgehead atoms. The van der Waals surface area contributed by atoms with Crippen LogP contribution in [0.25, 0.3) is 0 Å². The number of benzene rings is 2. The van der Waals surface area contributed by atoms with Crippen molar-refractivity contribution in [2.24, 2.45) is 0 Å². The Morgan fingerprint density at radius 2 is 1.73 bits per heavy atom. The van der Waals surface area contributed by atoms with E-state index in [9.17, 15) is 4.79 Å². The third-order valence-electron chi connectivity index (χ3n) is 7.07. The van der Waals surface area contributed by atoms with Gasteiger partial charge in [-0.15, -0.1) is 0 Å². The quantitative estimate of drug-likeness (QED) is 0.419. The average molecular weight is 513 g/mol. The molecule has 5 rings (SSSR count). The van der Waals surface area contributed by atoms with Crippen molar-refractivity contribution >= 4 is 29.0 Å². The second-order valence-corrected chi connectivity index (χ2v) is 10.7. The molecule has 0 radical (unpaired) electrons. The Kier molecular flexibility index (Phi) is 8.34. The summed E-state index contributed by atoms with van der Waals surface area (Å²) in [5, 5.41) is 12.2. The second kappa shape index (κ2) is 12.2. The summed E-state index contributed by atoms with van der Waals surface area (Å²) in [5.74, 6) is 0.489. The summed E-state index contributed by atoms with van der Waals surface area (Å²) in [6.45, 7) is 4.85. The van der Waals surface area contributed by atoms with E-state index in [1.165, 1.54) is 50.0 Å². The zero-order chi connectivity index (χ0) is 25.5. The first-order chi connectivity index (χ1) is 18.2. The molecule has 190 valence electrons. The van der Waals surface area contributed by atoms with Crippen LogP contribution in [0.2, 0.25) is 0 Å². The third-order valence-corrected chi connectivity index (χ3v) is 8.01. The van der Waals surface area contributed by atoms with E-state index in [0.717, 1.165) is 34.9 Å². The smallest absolute Gasteiger partial charge is 0.238 e. The van der Waals surface area contributed by atoms with Gasteiger partial charge in [-0.3, -0.25) is 4.79 Å². The first-order valence-corrected chi connectivity index (χ1v) is 13.8. The molecule has 0 unspecified atom stereocenters. The first kappa shape index (κ1) is 25.2. The molecule has 1 amide bonds. The van der Waals surface area contributed by atoms with Crippen LogP contribution >= 0.6 is 11.8 Å². The lowest BCUT2D eigenvalue weighted by Crippen LogP contribution is -2.43. The number of anilines is 2. The fourth-order valence-electron chi connectivity index (χ4n) is 5.13. The zero-order valence-corrected chi connectivity index (χ0v) is 21.8. The van der Waals surface area contributed by atoms with Crippen LogP contribution in [0.3, 0.4) is 0 Å². The molecule has 3 aromatic rings. The van der Waals surface area contributed by atoms with Crippen LogP contribution in [0.1, 0.15) is 43.5 Å². The number of hydrogen-bond donors (Lipinski definition) is 1. The molecular formula is C29H32N6OS. The van der Waals surface area contributed by atoms with Crippen LogP contribution in [0, 0.1) is 11.3 Å². The first-order valence-electron chi connectivity index (χ1n) is 13.0. The van der Waals surface area contributed by atoms with E-state index in [0.29, 0.717) is 12.1 Å². The lowest BCUT2D eigenvalue weighted by Gasteiger charge is -2.37. The van der Waals surface area contributed by atoms with Crippen LogP contribution in [0.15, 0.2) is 70.7 Å². The minimum absolute atomic E-state index is 0.152. The topological polar surface area (TPSA) is 85.1 Å². The average Bonchev–Trinajstić information content (AvgIpc) is 3.46. The highest BCUT2D eigenvalue weighted by atomic mass is 32.2. The maximum Gasteiger partial charge on any atom is 0.238 e. The van der Waals surface area contributed by atoms with Crippen molar-refractivity contribution in [1.82, 2.24) is 14.9 Å². The van der Waals surface area contributed by atoms with E-state index in [-0.39, 0.29) is 12.3 Å². The molecule has 0 spiro atoms. The Labute approximate surface area is 222 Å². The number of amides is 1. The fraction of sp³-hybridized carbons (Fsp3) is 0.379. The molecule has 0 atom stereocenters. The van der Waals surface area contributed by atoms with E-state index >= 15 is 0 Å². The lowest BCUT2D eigenvalue weighted by molar-refractivity contribution is -0.115. The Balaban J connectivity index is 1.14. The summed E-state index contributed by atoms with van der Waals surface area (Å²) in [4.78, 5) is 27.0. The number of rotatable bonds is 8. The fourth-order valence-corrected chi connectivity index (χ4v) is 5.92. The van der Waals surface area contributed by atoms with Crippen LogP contribution in [0.4, 0.5) is 11.4 Å². The molecule has 1 N–H and O–H groups in total. The summed E-state index contributed by atoms with van der Waals surface area (Å²) in [7, 11) is 0. The van der Waals surface area contributed by atoms with Gasteiger partial charge in [0, 0.05) is 48.0 Å². The zero-order valence-electron chi connectivity index (χ0n) is 21.0. The number of nitrogens with one attached hydrogen (secondary N) is 1. The predicted octanol–water partition coefficient (Wildman–Crippen LogP) is 5.14. The van der Waals surface area contributed by atoms with Gasteiger partial charge in [-0.05, 0) is 86.8 Å². The van der Waals surface area contributed by atoms with Crippen molar-refractivity contribution in [3.63, 3.8) is 0 Å². The summed E-state index contributed by atoms with van der Waals surface area (Å²) in [6, 6.07) is 20.9. The van der Waals surface area contributed by atoms with Crippen molar-refractivity contribution in [2.45, 2.75) is 54.5 Å². The van der Waals surface area contributed by atoms with Gasteiger partial charge in [-0.2, -0.15) is 5.26 Å². The van der Waals surface area contributed by atoms with Gasteiger partial charge in [-0.1, -0.05) is 23.9 Å². The molecule has 2 fully saturated rings. The number of nitrogens with zero attached hydrogens (tertiary/aromatic N) is 5. The van der Waals surface area contributed by atoms with Crippen LogP contribution < -0.4 is 10.2 Å². The minimum Gasteiger partial charge on any atom is -0.371 e. The van der Waals surface area contributed by atoms with E-state index in [2.05, 4.69) is 44.4 Å². The van der Waals surface area contributed by atoms with Crippen molar-refractivity contribution in [1.29, 1.82) is 5.26 Å². The van der Waals surface area contributed by atoms with Gasteiger partial charge < -0.3 is 15.1 Å². The molecule has 0 saturated carbocycles. The molecule has 1 aromatic heterocycles. The molecule has 2 saturated heterocycles. The third kappa shape index (κ3) is 6.88. The molecule has 7 nitrogen and oxygen atoms in total. The summed E-state index contributed by atoms with van der Waals surface area (Å²) in [5.41, 5.74) is 3.18. The monoisotopic (exact) mass is 512 g/mol. The largest absolute Gasteiger partial charge is 0.371 e. The maximum atomic E-state index is 11.6. The Morgan fingerprint density at radius 3 is 2.43 bits per heavy atom. The van der Waals surface area contributed by atoms with Crippen LogP contribution in [-0.2, 0) is 11.2 Å². The number of carbonyl (C=O) groups excluding carboxylic acids is 1. The van der Waals surface area contributed by atoms with Gasteiger partial charge in [0.2, 0.25) is 5.91 Å². The van der Waals surface area contributed by atoms with Gasteiger partial charge in [0.1, 0.15) is 17.3 Å². The van der Waals surface area contributed by atoms with Crippen LogP contribution in [0.5, 0.6) is 0 Å². The standard InChI is InChI=1S/C29H32N6OS/c30-15-11-28(36)32-23-5-9-26(10-6-23)37-29-12-16-31-27(33-29)21-22-3-7-24(8-4-22)35-19-13-25(14-20-35)34-17-1-2-18-34/h3-10,12,16,25H,1-2,11,13-14,17-21H2,(H,32,36). The number of nitriles is 1. The molecule has 37 heavy (non-hydrogen) atoms. The molecule has 2 aliphatic heterocycles. The van der Waals surface area contributed by atoms with Gasteiger partial charge in [0.15, 0.2) is 0 Å². The van der Waals surface area contributed by atoms with Crippen molar-refractivity contribution < 1.29 is 4.79 Å². The number of carbonyl (C=O) groups is 1.